The van der Waals surface area contributed by atoms with Crippen LogP contribution < -0.4 is 5.32 Å². The Morgan fingerprint density at radius 1 is 1.31 bits per heavy atom. The fourth-order valence-electron chi connectivity index (χ4n) is 1.46. The summed E-state index contributed by atoms with van der Waals surface area (Å²) in [5.74, 6) is -0.489. The molecule has 1 aromatic heterocycles. The van der Waals surface area contributed by atoms with E-state index < -0.39 is 5.82 Å². The maximum absolute atomic E-state index is 12.9. The molecule has 0 fully saturated rings. The molecule has 0 atom stereocenters. The first kappa shape index (κ1) is 10.6. The number of hydrogen-bond acceptors (Lipinski definition) is 3. The summed E-state index contributed by atoms with van der Waals surface area (Å²) in [5, 5.41) is 18.9. The van der Waals surface area contributed by atoms with Crippen molar-refractivity contribution >= 4 is 0 Å². The van der Waals surface area contributed by atoms with Gasteiger partial charge in [-0.25, -0.2) is 4.39 Å². The molecule has 3 N–H and O–H groups in total. The molecule has 1 heterocycles. The van der Waals surface area contributed by atoms with E-state index >= 15 is 0 Å². The molecule has 0 saturated carbocycles. The van der Waals surface area contributed by atoms with E-state index in [4.69, 9.17) is 0 Å². The Bertz CT molecular complexity index is 436. The van der Waals surface area contributed by atoms with Gasteiger partial charge in [0.1, 0.15) is 11.6 Å². The van der Waals surface area contributed by atoms with Gasteiger partial charge in [-0.3, -0.25) is 5.10 Å². The summed E-state index contributed by atoms with van der Waals surface area (Å²) >= 11 is 0. The lowest BCUT2D eigenvalue weighted by atomic mass is 10.2. The summed E-state index contributed by atoms with van der Waals surface area (Å²) in [4.78, 5) is 0. The zero-order chi connectivity index (χ0) is 11.4. The lowest BCUT2D eigenvalue weighted by Gasteiger charge is -2.04. The lowest BCUT2D eigenvalue weighted by molar-refractivity contribution is 0.467. The van der Waals surface area contributed by atoms with Gasteiger partial charge in [0.05, 0.1) is 0 Å². The summed E-state index contributed by atoms with van der Waals surface area (Å²) in [7, 11) is 0. The third-order valence-corrected chi connectivity index (χ3v) is 2.15. The molecule has 4 nitrogen and oxygen atoms in total. The minimum Gasteiger partial charge on any atom is -0.508 e. The Balaban J connectivity index is 1.89. The van der Waals surface area contributed by atoms with Crippen molar-refractivity contribution in [2.24, 2.45) is 0 Å². The number of benzene rings is 1. The molecule has 84 valence electrons. The van der Waals surface area contributed by atoms with Crippen molar-refractivity contribution in [2.75, 3.05) is 0 Å². The molecule has 0 aliphatic heterocycles. The van der Waals surface area contributed by atoms with Crippen LogP contribution in [0.4, 0.5) is 4.39 Å². The number of aromatic amines is 1. The van der Waals surface area contributed by atoms with Gasteiger partial charge in [-0.2, -0.15) is 5.10 Å². The van der Waals surface area contributed by atoms with Gasteiger partial charge in [-0.15, -0.1) is 0 Å². The Morgan fingerprint density at radius 3 is 2.88 bits per heavy atom. The van der Waals surface area contributed by atoms with Crippen LogP contribution in [0.15, 0.2) is 30.5 Å². The summed E-state index contributed by atoms with van der Waals surface area (Å²) in [5.41, 5.74) is 1.66. The maximum Gasteiger partial charge on any atom is 0.127 e. The third-order valence-electron chi connectivity index (χ3n) is 2.15. The average molecular weight is 221 g/mol. The zero-order valence-electron chi connectivity index (χ0n) is 8.57. The van der Waals surface area contributed by atoms with Crippen molar-refractivity contribution in [1.29, 1.82) is 0 Å². The van der Waals surface area contributed by atoms with Crippen molar-refractivity contribution in [3.63, 3.8) is 0 Å². The first-order chi connectivity index (χ1) is 7.74. The van der Waals surface area contributed by atoms with Crippen molar-refractivity contribution in [1.82, 2.24) is 15.5 Å². The minimum absolute atomic E-state index is 0.0571. The SMILES string of the molecule is Oc1cc(F)cc(CNCc2ccn[nH]2)c1. The molecule has 5 heteroatoms. The number of nitrogens with zero attached hydrogens (tertiary/aromatic N) is 1. The van der Waals surface area contributed by atoms with Gasteiger partial charge in [0.25, 0.3) is 0 Å². The van der Waals surface area contributed by atoms with Crippen LogP contribution in [0, 0.1) is 5.82 Å². The van der Waals surface area contributed by atoms with E-state index in [1.807, 2.05) is 6.07 Å². The van der Waals surface area contributed by atoms with Crippen molar-refractivity contribution < 1.29 is 9.50 Å². The number of H-pyrrole nitrogens is 1. The largest absolute Gasteiger partial charge is 0.508 e. The maximum atomic E-state index is 12.9. The van der Waals surface area contributed by atoms with E-state index in [-0.39, 0.29) is 5.75 Å². The Hall–Kier alpha value is -1.88. The van der Waals surface area contributed by atoms with Gasteiger partial charge < -0.3 is 10.4 Å². The number of phenols is 1. The van der Waals surface area contributed by atoms with Crippen molar-refractivity contribution in [3.8, 4) is 5.75 Å². The molecule has 1 aromatic carbocycles. The zero-order valence-corrected chi connectivity index (χ0v) is 8.57. The molecular formula is C11H12FN3O. The van der Waals surface area contributed by atoms with Gasteiger partial charge in [-0.05, 0) is 23.8 Å². The molecular weight excluding hydrogens is 209 g/mol. The molecule has 2 aromatic rings. The normalized spacial score (nSPS) is 10.6. The lowest BCUT2D eigenvalue weighted by Crippen LogP contribution is -2.13. The predicted octanol–water partition coefficient (Wildman–Crippen LogP) is 1.54. The first-order valence-corrected chi connectivity index (χ1v) is 4.91. The van der Waals surface area contributed by atoms with Crippen molar-refractivity contribution in [2.45, 2.75) is 13.1 Å². The number of phenolic OH excluding ortho intramolecular Hbond substituents is 1. The van der Waals surface area contributed by atoms with E-state index in [0.29, 0.717) is 18.7 Å². The van der Waals surface area contributed by atoms with Gasteiger partial charge >= 0.3 is 0 Å². The Morgan fingerprint density at radius 2 is 2.19 bits per heavy atom. The van der Waals surface area contributed by atoms with Crippen LogP contribution in [0.5, 0.6) is 5.75 Å². The van der Waals surface area contributed by atoms with Gasteiger partial charge in [0, 0.05) is 31.0 Å². The number of aromatic hydroxyl groups is 1. The summed E-state index contributed by atoms with van der Waals surface area (Å²) in [6.07, 6.45) is 1.67. The highest BCUT2D eigenvalue weighted by Crippen LogP contribution is 2.14. The van der Waals surface area contributed by atoms with Crippen LogP contribution in [0.25, 0.3) is 0 Å². The quantitative estimate of drug-likeness (QED) is 0.734. The van der Waals surface area contributed by atoms with Crippen LogP contribution in [-0.2, 0) is 13.1 Å². The van der Waals surface area contributed by atoms with Gasteiger partial charge in [0.2, 0.25) is 0 Å². The van der Waals surface area contributed by atoms with Crippen LogP contribution >= 0.6 is 0 Å². The second-order valence-electron chi connectivity index (χ2n) is 3.50. The molecule has 0 amide bonds. The van der Waals surface area contributed by atoms with E-state index in [9.17, 15) is 9.50 Å². The standard InChI is InChI=1S/C11H12FN3O/c12-9-3-8(4-11(16)5-9)6-13-7-10-1-2-14-15-10/h1-5,13,16H,6-7H2,(H,14,15). The van der Waals surface area contributed by atoms with E-state index in [1.165, 1.54) is 12.1 Å². The number of halogens is 1. The van der Waals surface area contributed by atoms with Gasteiger partial charge in [0.15, 0.2) is 0 Å². The van der Waals surface area contributed by atoms with E-state index in [2.05, 4.69) is 15.5 Å². The molecule has 16 heavy (non-hydrogen) atoms. The fraction of sp³-hybridized carbons (Fsp3) is 0.182. The molecule has 0 aliphatic carbocycles. The summed E-state index contributed by atoms with van der Waals surface area (Å²) in [6, 6.07) is 5.86. The molecule has 0 aliphatic rings. The number of aromatic nitrogens is 2. The van der Waals surface area contributed by atoms with E-state index in [0.717, 1.165) is 11.8 Å². The van der Waals surface area contributed by atoms with Gasteiger partial charge in [-0.1, -0.05) is 0 Å². The number of nitrogens with one attached hydrogen (secondary N) is 2. The van der Waals surface area contributed by atoms with Crippen molar-refractivity contribution in [3.05, 3.63) is 47.5 Å². The molecule has 2 rings (SSSR count). The molecule has 0 saturated heterocycles. The van der Waals surface area contributed by atoms with Crippen LogP contribution in [0.1, 0.15) is 11.3 Å². The van der Waals surface area contributed by atoms with Crippen LogP contribution in [-0.4, -0.2) is 15.3 Å². The third kappa shape index (κ3) is 2.80. The molecule has 0 unspecified atom stereocenters. The number of hydrogen-bond donors (Lipinski definition) is 3. The second-order valence-corrected chi connectivity index (χ2v) is 3.50. The molecule has 0 bridgehead atoms. The predicted molar refractivity (Wildman–Crippen MR) is 57.2 cm³/mol. The second kappa shape index (κ2) is 4.76. The average Bonchev–Trinajstić information content (AvgIpc) is 2.69. The molecule has 0 radical (unpaired) electrons. The Labute approximate surface area is 92.1 Å². The fourth-order valence-corrected chi connectivity index (χ4v) is 1.46. The molecule has 0 spiro atoms. The highest BCUT2D eigenvalue weighted by Gasteiger charge is 2.00. The van der Waals surface area contributed by atoms with E-state index in [1.54, 1.807) is 6.20 Å². The topological polar surface area (TPSA) is 60.9 Å². The summed E-state index contributed by atoms with van der Waals surface area (Å²) < 4.78 is 12.9. The summed E-state index contributed by atoms with van der Waals surface area (Å²) in [6.45, 7) is 1.11. The van der Waals surface area contributed by atoms with Crippen LogP contribution in [0.2, 0.25) is 0 Å². The van der Waals surface area contributed by atoms with Crippen LogP contribution in [0.3, 0.4) is 0 Å². The Kier molecular flexibility index (Phi) is 3.16. The highest BCUT2D eigenvalue weighted by molar-refractivity contribution is 5.28. The monoisotopic (exact) mass is 221 g/mol. The highest BCUT2D eigenvalue weighted by atomic mass is 19.1. The number of rotatable bonds is 4. The minimum atomic E-state index is -0.432. The first-order valence-electron chi connectivity index (χ1n) is 4.91. The smallest absolute Gasteiger partial charge is 0.127 e.